The highest BCUT2D eigenvalue weighted by atomic mass is 79.9. The molecule has 0 bridgehead atoms. The Labute approximate surface area is 174 Å². The zero-order valence-electron chi connectivity index (χ0n) is 15.6. The number of hydrogen-bond acceptors (Lipinski definition) is 5. The molecule has 9 heteroatoms. The third-order valence-electron chi connectivity index (χ3n) is 3.90. The first kappa shape index (κ1) is 20.5. The van der Waals surface area contributed by atoms with Crippen molar-refractivity contribution in [2.24, 2.45) is 0 Å². The molecule has 7 nitrogen and oxygen atoms in total. The van der Waals surface area contributed by atoms with E-state index in [1.807, 2.05) is 0 Å². The van der Waals surface area contributed by atoms with Gasteiger partial charge in [0.15, 0.2) is 6.61 Å². The van der Waals surface area contributed by atoms with Gasteiger partial charge < -0.3 is 14.8 Å². The number of aromatic nitrogens is 2. The quantitative estimate of drug-likeness (QED) is 0.563. The minimum Gasteiger partial charge on any atom is -0.497 e. The number of benzene rings is 2. The minimum atomic E-state index is -0.672. The van der Waals surface area contributed by atoms with Gasteiger partial charge in [-0.15, -0.1) is 0 Å². The van der Waals surface area contributed by atoms with Crippen LogP contribution in [0.5, 0.6) is 5.75 Å². The van der Waals surface area contributed by atoms with Gasteiger partial charge in [-0.2, -0.15) is 5.10 Å². The lowest BCUT2D eigenvalue weighted by molar-refractivity contribution is -0.119. The van der Waals surface area contributed by atoms with Crippen LogP contribution in [-0.2, 0) is 9.53 Å². The lowest BCUT2D eigenvalue weighted by atomic mass is 10.2. The molecule has 3 rings (SSSR count). The number of nitrogens with zero attached hydrogens (tertiary/aromatic N) is 2. The number of methoxy groups -OCH3 is 1. The van der Waals surface area contributed by atoms with Crippen molar-refractivity contribution in [3.05, 3.63) is 70.1 Å². The molecule has 0 saturated carbocycles. The lowest BCUT2D eigenvalue weighted by Crippen LogP contribution is -2.22. The number of nitrogens with one attached hydrogen (secondary N) is 1. The van der Waals surface area contributed by atoms with Gasteiger partial charge in [-0.1, -0.05) is 0 Å². The second-order valence-corrected chi connectivity index (χ2v) is 6.88. The maximum Gasteiger partial charge on any atom is 0.339 e. The molecule has 0 radical (unpaired) electrons. The summed E-state index contributed by atoms with van der Waals surface area (Å²) in [6.07, 6.45) is 0. The molecule has 0 saturated heterocycles. The number of esters is 1. The summed E-state index contributed by atoms with van der Waals surface area (Å²) in [6, 6.07) is 12.2. The number of carbonyl (C=O) groups is 2. The van der Waals surface area contributed by atoms with Crippen LogP contribution in [0, 0.1) is 12.7 Å². The highest BCUT2D eigenvalue weighted by molar-refractivity contribution is 9.10. The molecule has 0 aliphatic rings. The van der Waals surface area contributed by atoms with Gasteiger partial charge in [0.2, 0.25) is 0 Å². The van der Waals surface area contributed by atoms with Crippen LogP contribution in [0.1, 0.15) is 16.1 Å². The molecule has 0 aliphatic carbocycles. The van der Waals surface area contributed by atoms with Crippen molar-refractivity contribution in [1.82, 2.24) is 9.78 Å². The Balaban J connectivity index is 1.67. The Hall–Kier alpha value is -3.20. The van der Waals surface area contributed by atoms with E-state index in [0.717, 1.165) is 0 Å². The molecular formula is C20H17BrFN3O4. The van der Waals surface area contributed by atoms with E-state index in [4.69, 9.17) is 9.47 Å². The summed E-state index contributed by atoms with van der Waals surface area (Å²) in [5, 5.41) is 6.93. The van der Waals surface area contributed by atoms with Crippen molar-refractivity contribution in [3.63, 3.8) is 0 Å². The van der Waals surface area contributed by atoms with E-state index in [2.05, 4.69) is 26.3 Å². The predicted molar refractivity (Wildman–Crippen MR) is 108 cm³/mol. The highest BCUT2D eigenvalue weighted by Gasteiger charge is 2.16. The predicted octanol–water partition coefficient (Wildman–Crippen LogP) is 3.89. The van der Waals surface area contributed by atoms with Crippen LogP contribution in [0.15, 0.2) is 53.0 Å². The summed E-state index contributed by atoms with van der Waals surface area (Å²) >= 11 is 3.27. The Kier molecular flexibility index (Phi) is 6.28. The summed E-state index contributed by atoms with van der Waals surface area (Å²) in [5.41, 5.74) is 1.47. The average Bonchev–Trinajstić information content (AvgIpc) is 3.07. The van der Waals surface area contributed by atoms with Crippen molar-refractivity contribution < 1.29 is 23.5 Å². The van der Waals surface area contributed by atoms with Gasteiger partial charge in [0.1, 0.15) is 17.4 Å². The maximum atomic E-state index is 13.2. The van der Waals surface area contributed by atoms with Crippen molar-refractivity contribution >= 4 is 33.6 Å². The fourth-order valence-corrected chi connectivity index (χ4v) is 2.95. The normalized spacial score (nSPS) is 10.5. The van der Waals surface area contributed by atoms with E-state index in [1.165, 1.54) is 42.1 Å². The SMILES string of the molecule is COc1ccc(Br)c(C(=O)OCC(=O)Nc2cc(C)nn2-c2ccc(F)cc2)c1. The molecule has 0 aliphatic heterocycles. The number of carbonyl (C=O) groups excluding carboxylic acids is 2. The minimum absolute atomic E-state index is 0.240. The van der Waals surface area contributed by atoms with Crippen molar-refractivity contribution in [2.75, 3.05) is 19.0 Å². The fraction of sp³-hybridized carbons (Fsp3) is 0.150. The topological polar surface area (TPSA) is 82.4 Å². The number of amides is 1. The average molecular weight is 462 g/mol. The largest absolute Gasteiger partial charge is 0.497 e. The van der Waals surface area contributed by atoms with E-state index < -0.39 is 18.5 Å². The van der Waals surface area contributed by atoms with Crippen LogP contribution in [0.2, 0.25) is 0 Å². The summed E-state index contributed by atoms with van der Waals surface area (Å²) < 4.78 is 25.3. The second kappa shape index (κ2) is 8.87. The van der Waals surface area contributed by atoms with Crippen molar-refractivity contribution in [2.45, 2.75) is 6.92 Å². The first-order chi connectivity index (χ1) is 13.9. The molecule has 1 amide bonds. The zero-order valence-corrected chi connectivity index (χ0v) is 17.2. The van der Waals surface area contributed by atoms with E-state index in [9.17, 15) is 14.0 Å². The van der Waals surface area contributed by atoms with Crippen molar-refractivity contribution in [1.29, 1.82) is 0 Å². The first-order valence-electron chi connectivity index (χ1n) is 8.50. The second-order valence-electron chi connectivity index (χ2n) is 6.03. The summed E-state index contributed by atoms with van der Waals surface area (Å²) in [4.78, 5) is 24.6. The molecule has 1 aromatic heterocycles. The lowest BCUT2D eigenvalue weighted by Gasteiger charge is -2.10. The van der Waals surface area contributed by atoms with Gasteiger partial charge in [-0.3, -0.25) is 4.79 Å². The molecule has 29 heavy (non-hydrogen) atoms. The van der Waals surface area contributed by atoms with Crippen LogP contribution in [0.3, 0.4) is 0 Å². The van der Waals surface area contributed by atoms with Crippen molar-refractivity contribution in [3.8, 4) is 11.4 Å². The van der Waals surface area contributed by atoms with Crippen LogP contribution < -0.4 is 10.1 Å². The van der Waals surface area contributed by atoms with E-state index >= 15 is 0 Å². The van der Waals surface area contributed by atoms with Crippen LogP contribution in [-0.4, -0.2) is 35.4 Å². The van der Waals surface area contributed by atoms with Gasteiger partial charge in [0, 0.05) is 10.5 Å². The molecule has 150 valence electrons. The fourth-order valence-electron chi connectivity index (χ4n) is 2.54. The number of aryl methyl sites for hydroxylation is 1. The van der Waals surface area contributed by atoms with Gasteiger partial charge in [0.05, 0.1) is 24.1 Å². The number of hydrogen-bond donors (Lipinski definition) is 1. The molecule has 0 atom stereocenters. The molecule has 0 spiro atoms. The number of rotatable bonds is 6. The van der Waals surface area contributed by atoms with Gasteiger partial charge >= 0.3 is 5.97 Å². The third kappa shape index (κ3) is 5.00. The monoisotopic (exact) mass is 461 g/mol. The van der Waals surface area contributed by atoms with E-state index in [-0.39, 0.29) is 11.4 Å². The number of halogens is 2. The van der Waals surface area contributed by atoms with E-state index in [1.54, 1.807) is 25.1 Å². The Morgan fingerprint density at radius 3 is 2.59 bits per heavy atom. The molecule has 0 unspecified atom stereocenters. The molecule has 0 fully saturated rings. The van der Waals surface area contributed by atoms with Gasteiger partial charge in [-0.25, -0.2) is 13.9 Å². The van der Waals surface area contributed by atoms with Crippen LogP contribution in [0.25, 0.3) is 5.69 Å². The molecule has 1 N–H and O–H groups in total. The smallest absolute Gasteiger partial charge is 0.339 e. The molecular weight excluding hydrogens is 445 g/mol. The highest BCUT2D eigenvalue weighted by Crippen LogP contribution is 2.23. The standard InChI is InChI=1S/C20H17BrFN3O4/c1-12-9-18(25(24-12)14-5-3-13(22)4-6-14)23-19(26)11-29-20(27)16-10-15(28-2)7-8-17(16)21/h3-10H,11H2,1-2H3,(H,23,26). The van der Waals surface area contributed by atoms with E-state index in [0.29, 0.717) is 27.4 Å². The Morgan fingerprint density at radius 2 is 1.90 bits per heavy atom. The first-order valence-corrected chi connectivity index (χ1v) is 9.30. The Bertz CT molecular complexity index is 1050. The summed E-state index contributed by atoms with van der Waals surface area (Å²) in [6.45, 7) is 1.27. The number of ether oxygens (including phenoxy) is 2. The third-order valence-corrected chi connectivity index (χ3v) is 4.59. The van der Waals surface area contributed by atoms with Gasteiger partial charge in [0.25, 0.3) is 5.91 Å². The molecule has 1 heterocycles. The number of anilines is 1. The zero-order chi connectivity index (χ0) is 21.0. The van der Waals surface area contributed by atoms with Crippen LogP contribution >= 0.6 is 15.9 Å². The molecule has 3 aromatic rings. The molecule has 2 aromatic carbocycles. The van der Waals surface area contributed by atoms with Crippen LogP contribution in [0.4, 0.5) is 10.2 Å². The summed E-state index contributed by atoms with van der Waals surface area (Å²) in [7, 11) is 1.48. The van der Waals surface area contributed by atoms with Gasteiger partial charge in [-0.05, 0) is 65.3 Å². The Morgan fingerprint density at radius 1 is 1.17 bits per heavy atom. The maximum absolute atomic E-state index is 13.2. The summed E-state index contributed by atoms with van der Waals surface area (Å²) in [5.74, 6) is -0.727.